The molecule has 0 saturated heterocycles. The Bertz CT molecular complexity index is 1350. The minimum absolute atomic E-state index is 0.0734. The van der Waals surface area contributed by atoms with Gasteiger partial charge in [-0.05, 0) is 66.1 Å². The minimum atomic E-state index is -3.85. The molecule has 0 radical (unpaired) electrons. The molecule has 2 aliphatic heterocycles. The van der Waals surface area contributed by atoms with Crippen molar-refractivity contribution in [3.63, 3.8) is 0 Å². The molecule has 2 heterocycles. The van der Waals surface area contributed by atoms with Gasteiger partial charge in [-0.3, -0.25) is 9.52 Å². The lowest BCUT2D eigenvalue weighted by atomic mass is 9.99. The standard InChI is InChI=1S/C26H26N2O6S/c1-32-22-8-5-18-11-12-28(17-20(18)15-22)26(29)19-3-6-21(7-4-19)27-35(30,31)23-9-10-24-25(16-23)34-14-2-13-33-24/h3-10,15-16,27H,2,11-14,17H2,1H3. The lowest BCUT2D eigenvalue weighted by Gasteiger charge is -2.29. The number of hydrogen-bond donors (Lipinski definition) is 1. The second-order valence-electron chi connectivity index (χ2n) is 8.45. The fraction of sp³-hybridized carbons (Fsp3) is 0.269. The van der Waals surface area contributed by atoms with Crippen molar-refractivity contribution < 1.29 is 27.4 Å². The van der Waals surface area contributed by atoms with Gasteiger partial charge in [-0.25, -0.2) is 8.42 Å². The van der Waals surface area contributed by atoms with Crippen LogP contribution in [0.15, 0.2) is 65.6 Å². The summed E-state index contributed by atoms with van der Waals surface area (Å²) in [5, 5.41) is 0. The summed E-state index contributed by atoms with van der Waals surface area (Å²) in [5.41, 5.74) is 3.15. The zero-order chi connectivity index (χ0) is 24.4. The summed E-state index contributed by atoms with van der Waals surface area (Å²) >= 11 is 0. The van der Waals surface area contributed by atoms with Crippen LogP contribution in [0.2, 0.25) is 0 Å². The van der Waals surface area contributed by atoms with Crippen LogP contribution in [-0.2, 0) is 23.0 Å². The Balaban J connectivity index is 1.28. The van der Waals surface area contributed by atoms with Gasteiger partial charge in [0.05, 0.1) is 25.2 Å². The van der Waals surface area contributed by atoms with Crippen molar-refractivity contribution in [2.24, 2.45) is 0 Å². The molecular weight excluding hydrogens is 468 g/mol. The second kappa shape index (κ2) is 9.50. The molecule has 8 nitrogen and oxygen atoms in total. The number of hydrogen-bond acceptors (Lipinski definition) is 6. The summed E-state index contributed by atoms with van der Waals surface area (Å²) in [6.45, 7) is 2.12. The lowest BCUT2D eigenvalue weighted by Crippen LogP contribution is -2.35. The average Bonchev–Trinajstić information content (AvgIpc) is 3.13. The Kier molecular flexibility index (Phi) is 6.25. The molecule has 35 heavy (non-hydrogen) atoms. The van der Waals surface area contributed by atoms with Crippen molar-refractivity contribution in [1.29, 1.82) is 0 Å². The van der Waals surface area contributed by atoms with Gasteiger partial charge in [0.15, 0.2) is 11.5 Å². The number of ether oxygens (including phenoxy) is 3. The highest BCUT2D eigenvalue weighted by atomic mass is 32.2. The van der Waals surface area contributed by atoms with E-state index in [1.54, 1.807) is 42.3 Å². The Morgan fingerprint density at radius 3 is 2.49 bits per heavy atom. The number of nitrogens with one attached hydrogen (secondary N) is 1. The van der Waals surface area contributed by atoms with Gasteiger partial charge in [-0.2, -0.15) is 0 Å². The average molecular weight is 495 g/mol. The zero-order valence-corrected chi connectivity index (χ0v) is 20.1. The highest BCUT2D eigenvalue weighted by Gasteiger charge is 2.23. The molecule has 3 aromatic rings. The van der Waals surface area contributed by atoms with Crippen LogP contribution in [0.3, 0.4) is 0 Å². The molecule has 0 aliphatic carbocycles. The first kappa shape index (κ1) is 23.0. The van der Waals surface area contributed by atoms with Crippen molar-refractivity contribution in [2.75, 3.05) is 31.6 Å². The first-order valence-electron chi connectivity index (χ1n) is 11.4. The number of fused-ring (bicyclic) bond motifs is 2. The third kappa shape index (κ3) is 4.90. The molecule has 182 valence electrons. The van der Waals surface area contributed by atoms with Crippen LogP contribution in [-0.4, -0.2) is 46.1 Å². The van der Waals surface area contributed by atoms with Crippen LogP contribution < -0.4 is 18.9 Å². The van der Waals surface area contributed by atoms with Crippen molar-refractivity contribution in [3.05, 3.63) is 77.4 Å². The number of sulfonamides is 1. The molecule has 0 atom stereocenters. The van der Waals surface area contributed by atoms with E-state index in [1.807, 2.05) is 18.2 Å². The smallest absolute Gasteiger partial charge is 0.262 e. The quantitative estimate of drug-likeness (QED) is 0.579. The molecule has 9 heteroatoms. The van der Waals surface area contributed by atoms with Crippen molar-refractivity contribution in [1.82, 2.24) is 4.90 Å². The van der Waals surface area contributed by atoms with Gasteiger partial charge in [-0.15, -0.1) is 0 Å². The zero-order valence-electron chi connectivity index (χ0n) is 19.3. The molecule has 5 rings (SSSR count). The molecule has 1 amide bonds. The van der Waals surface area contributed by atoms with Crippen LogP contribution in [0.5, 0.6) is 17.2 Å². The number of carbonyl (C=O) groups is 1. The van der Waals surface area contributed by atoms with Crippen LogP contribution in [0.25, 0.3) is 0 Å². The largest absolute Gasteiger partial charge is 0.497 e. The Hall–Kier alpha value is -3.72. The van der Waals surface area contributed by atoms with Gasteiger partial charge < -0.3 is 19.1 Å². The maximum atomic E-state index is 13.1. The molecule has 0 spiro atoms. The number of anilines is 1. The molecule has 0 bridgehead atoms. The monoisotopic (exact) mass is 494 g/mol. The van der Waals surface area contributed by atoms with Gasteiger partial charge in [0.1, 0.15) is 5.75 Å². The maximum Gasteiger partial charge on any atom is 0.262 e. The molecule has 0 unspecified atom stereocenters. The number of amides is 1. The van der Waals surface area contributed by atoms with E-state index in [0.717, 1.165) is 24.2 Å². The first-order valence-corrected chi connectivity index (χ1v) is 12.9. The van der Waals surface area contributed by atoms with Crippen molar-refractivity contribution in [3.8, 4) is 17.2 Å². The molecule has 2 aliphatic rings. The fourth-order valence-electron chi connectivity index (χ4n) is 4.22. The predicted molar refractivity (Wildman–Crippen MR) is 131 cm³/mol. The Labute approximate surface area is 204 Å². The van der Waals surface area contributed by atoms with Crippen molar-refractivity contribution >= 4 is 21.6 Å². The molecule has 3 aromatic carbocycles. The number of rotatable bonds is 5. The SMILES string of the molecule is COc1ccc2c(c1)CN(C(=O)c1ccc(NS(=O)(=O)c3ccc4c(c3)OCCCO4)cc1)CC2. The molecule has 1 N–H and O–H groups in total. The normalized spacial score (nSPS) is 15.1. The number of benzene rings is 3. The fourth-order valence-corrected chi connectivity index (χ4v) is 5.30. The van der Waals surface area contributed by atoms with Gasteiger partial charge in [0.25, 0.3) is 15.9 Å². The van der Waals surface area contributed by atoms with E-state index in [-0.39, 0.29) is 10.8 Å². The van der Waals surface area contributed by atoms with Gasteiger partial charge >= 0.3 is 0 Å². The van der Waals surface area contributed by atoms with Crippen molar-refractivity contribution in [2.45, 2.75) is 24.3 Å². The van der Waals surface area contributed by atoms with E-state index >= 15 is 0 Å². The molecule has 0 aromatic heterocycles. The first-order chi connectivity index (χ1) is 16.9. The predicted octanol–water partition coefficient (Wildman–Crippen LogP) is 3.86. The number of nitrogens with zero attached hydrogens (tertiary/aromatic N) is 1. The van der Waals surface area contributed by atoms with E-state index in [4.69, 9.17) is 14.2 Å². The van der Waals surface area contributed by atoms with Crippen LogP contribution in [0, 0.1) is 0 Å². The van der Waals surface area contributed by atoms with E-state index in [1.165, 1.54) is 17.7 Å². The van der Waals surface area contributed by atoms with Crippen LogP contribution in [0.1, 0.15) is 27.9 Å². The summed E-state index contributed by atoms with van der Waals surface area (Å²) in [5.74, 6) is 1.61. The summed E-state index contributed by atoms with van der Waals surface area (Å²) in [4.78, 5) is 14.9. The molecular formula is C26H26N2O6S. The summed E-state index contributed by atoms with van der Waals surface area (Å²) < 4.78 is 44.9. The number of carbonyl (C=O) groups excluding carboxylic acids is 1. The van der Waals surface area contributed by atoms with E-state index in [2.05, 4.69) is 4.72 Å². The maximum absolute atomic E-state index is 13.1. The Morgan fingerprint density at radius 2 is 1.71 bits per heavy atom. The highest BCUT2D eigenvalue weighted by molar-refractivity contribution is 7.92. The topological polar surface area (TPSA) is 94.2 Å². The lowest BCUT2D eigenvalue weighted by molar-refractivity contribution is 0.0734. The van der Waals surface area contributed by atoms with E-state index in [0.29, 0.717) is 49.1 Å². The minimum Gasteiger partial charge on any atom is -0.497 e. The third-order valence-corrected chi connectivity index (χ3v) is 7.51. The third-order valence-electron chi connectivity index (χ3n) is 6.13. The Morgan fingerprint density at radius 1 is 0.943 bits per heavy atom. The summed E-state index contributed by atoms with van der Waals surface area (Å²) in [6.07, 6.45) is 1.51. The van der Waals surface area contributed by atoms with Gasteiger partial charge in [0, 0.05) is 36.8 Å². The highest BCUT2D eigenvalue weighted by Crippen LogP contribution is 2.32. The van der Waals surface area contributed by atoms with E-state index in [9.17, 15) is 13.2 Å². The van der Waals surface area contributed by atoms with Gasteiger partial charge in [-0.1, -0.05) is 6.07 Å². The molecule has 0 saturated carbocycles. The van der Waals surface area contributed by atoms with E-state index < -0.39 is 10.0 Å². The van der Waals surface area contributed by atoms with Crippen LogP contribution >= 0.6 is 0 Å². The van der Waals surface area contributed by atoms with Crippen LogP contribution in [0.4, 0.5) is 5.69 Å². The van der Waals surface area contributed by atoms with Gasteiger partial charge in [0.2, 0.25) is 0 Å². The summed E-state index contributed by atoms with van der Waals surface area (Å²) in [6, 6.07) is 16.9. The summed E-state index contributed by atoms with van der Waals surface area (Å²) in [7, 11) is -2.22. The number of methoxy groups -OCH3 is 1. The second-order valence-corrected chi connectivity index (χ2v) is 10.1. The molecule has 0 fully saturated rings.